The Hall–Kier alpha value is -2.17. The van der Waals surface area contributed by atoms with Crippen LogP contribution in [0.15, 0.2) is 29.3 Å². The lowest BCUT2D eigenvalue weighted by molar-refractivity contribution is 0.881. The zero-order valence-corrected chi connectivity index (χ0v) is 8.06. The number of aromatic amines is 1. The van der Waals surface area contributed by atoms with E-state index >= 15 is 0 Å². The van der Waals surface area contributed by atoms with Crippen molar-refractivity contribution in [2.45, 2.75) is 6.92 Å². The molecule has 0 fully saturated rings. The molecule has 0 unspecified atom stereocenters. The molecule has 3 aromatic rings. The van der Waals surface area contributed by atoms with Crippen molar-refractivity contribution in [2.24, 2.45) is 0 Å². The number of hydrogen-bond donors (Lipinski definition) is 1. The Morgan fingerprint density at radius 3 is 3.13 bits per heavy atom. The zero-order valence-electron chi connectivity index (χ0n) is 8.06. The molecule has 1 N–H and O–H groups in total. The van der Waals surface area contributed by atoms with E-state index in [9.17, 15) is 4.79 Å². The third-order valence-corrected chi connectivity index (χ3v) is 2.48. The molecule has 2 aromatic heterocycles. The maximum Gasteiger partial charge on any atom is 0.348 e. The van der Waals surface area contributed by atoms with E-state index in [-0.39, 0.29) is 5.69 Å². The maximum atomic E-state index is 11.6. The van der Waals surface area contributed by atoms with Crippen LogP contribution in [0.5, 0.6) is 0 Å². The van der Waals surface area contributed by atoms with E-state index in [2.05, 4.69) is 15.1 Å². The van der Waals surface area contributed by atoms with Crippen molar-refractivity contribution >= 4 is 16.6 Å². The standard InChI is InChI=1S/C10H8N4O/c1-6-3-2-4-7-8(6)9-11-5-12-14(9)10(15)13-7/h2-5H,1H3,(H,13,15). The first-order valence-corrected chi connectivity index (χ1v) is 4.59. The molecule has 0 saturated heterocycles. The summed E-state index contributed by atoms with van der Waals surface area (Å²) in [4.78, 5) is 18.4. The normalized spacial score (nSPS) is 11.3. The first-order chi connectivity index (χ1) is 7.27. The second kappa shape index (κ2) is 2.66. The molecule has 15 heavy (non-hydrogen) atoms. The Morgan fingerprint density at radius 2 is 2.27 bits per heavy atom. The minimum absolute atomic E-state index is 0.263. The van der Waals surface area contributed by atoms with E-state index in [4.69, 9.17) is 0 Å². The predicted molar refractivity (Wildman–Crippen MR) is 55.9 cm³/mol. The number of fused-ring (bicyclic) bond motifs is 3. The molecule has 0 aliphatic rings. The summed E-state index contributed by atoms with van der Waals surface area (Å²) in [7, 11) is 0. The lowest BCUT2D eigenvalue weighted by Crippen LogP contribution is -2.17. The Labute approximate surface area is 84.4 Å². The SMILES string of the molecule is Cc1cccc2[nH]c(=O)n3ncnc3c12. The fourth-order valence-corrected chi connectivity index (χ4v) is 1.80. The van der Waals surface area contributed by atoms with Crippen LogP contribution in [0.1, 0.15) is 5.56 Å². The molecule has 0 saturated carbocycles. The molecule has 5 nitrogen and oxygen atoms in total. The van der Waals surface area contributed by atoms with Crippen molar-refractivity contribution in [3.63, 3.8) is 0 Å². The van der Waals surface area contributed by atoms with Gasteiger partial charge in [0.2, 0.25) is 0 Å². The van der Waals surface area contributed by atoms with E-state index in [0.29, 0.717) is 5.65 Å². The number of aryl methyl sites for hydroxylation is 1. The van der Waals surface area contributed by atoms with Gasteiger partial charge in [0.15, 0.2) is 5.65 Å². The lowest BCUT2D eigenvalue weighted by atomic mass is 10.1. The summed E-state index contributed by atoms with van der Waals surface area (Å²) in [6, 6.07) is 5.74. The van der Waals surface area contributed by atoms with Crippen LogP contribution in [0, 0.1) is 6.92 Å². The number of benzene rings is 1. The second-order valence-electron chi connectivity index (χ2n) is 3.42. The van der Waals surface area contributed by atoms with E-state index in [1.165, 1.54) is 10.8 Å². The quantitative estimate of drug-likeness (QED) is 0.586. The topological polar surface area (TPSA) is 63.0 Å². The van der Waals surface area contributed by atoms with Crippen molar-refractivity contribution in [3.8, 4) is 0 Å². The fraction of sp³-hybridized carbons (Fsp3) is 0.100. The van der Waals surface area contributed by atoms with Gasteiger partial charge in [0.25, 0.3) is 0 Å². The van der Waals surface area contributed by atoms with E-state index in [1.54, 1.807) is 0 Å². The predicted octanol–water partition coefficient (Wildman–Crippen LogP) is 0.879. The summed E-state index contributed by atoms with van der Waals surface area (Å²) in [6.45, 7) is 1.98. The molecular weight excluding hydrogens is 192 g/mol. The van der Waals surface area contributed by atoms with Crippen LogP contribution in [0.2, 0.25) is 0 Å². The van der Waals surface area contributed by atoms with Gasteiger partial charge in [0.05, 0.1) is 5.52 Å². The van der Waals surface area contributed by atoms with Crippen molar-refractivity contribution in [3.05, 3.63) is 40.6 Å². The highest BCUT2D eigenvalue weighted by Crippen LogP contribution is 2.17. The Kier molecular flexibility index (Phi) is 1.45. The van der Waals surface area contributed by atoms with Gasteiger partial charge >= 0.3 is 5.69 Å². The molecule has 5 heteroatoms. The molecular formula is C10H8N4O. The lowest BCUT2D eigenvalue weighted by Gasteiger charge is -2.01. The molecule has 3 rings (SSSR count). The van der Waals surface area contributed by atoms with Crippen LogP contribution in [-0.2, 0) is 0 Å². The first-order valence-electron chi connectivity index (χ1n) is 4.59. The minimum atomic E-state index is -0.263. The summed E-state index contributed by atoms with van der Waals surface area (Å²) in [5.74, 6) is 0. The molecule has 0 atom stereocenters. The van der Waals surface area contributed by atoms with Crippen LogP contribution < -0.4 is 5.69 Å². The second-order valence-corrected chi connectivity index (χ2v) is 3.42. The number of aromatic nitrogens is 4. The number of hydrogen-bond acceptors (Lipinski definition) is 3. The zero-order chi connectivity index (χ0) is 10.4. The molecule has 0 radical (unpaired) electrons. The van der Waals surface area contributed by atoms with E-state index in [1.807, 2.05) is 25.1 Å². The van der Waals surface area contributed by atoms with Gasteiger partial charge in [-0.25, -0.2) is 9.78 Å². The monoisotopic (exact) mass is 200 g/mol. The molecule has 1 aromatic carbocycles. The van der Waals surface area contributed by atoms with Crippen LogP contribution >= 0.6 is 0 Å². The molecule has 0 bridgehead atoms. The van der Waals surface area contributed by atoms with Gasteiger partial charge in [-0.1, -0.05) is 12.1 Å². The summed E-state index contributed by atoms with van der Waals surface area (Å²) < 4.78 is 1.27. The van der Waals surface area contributed by atoms with Gasteiger partial charge in [0.1, 0.15) is 6.33 Å². The summed E-state index contributed by atoms with van der Waals surface area (Å²) in [5, 5.41) is 4.81. The number of rotatable bonds is 0. The van der Waals surface area contributed by atoms with Crippen molar-refractivity contribution in [1.29, 1.82) is 0 Å². The van der Waals surface area contributed by atoms with Gasteiger partial charge in [0, 0.05) is 5.39 Å². The smallest absolute Gasteiger partial charge is 0.305 e. The minimum Gasteiger partial charge on any atom is -0.305 e. The van der Waals surface area contributed by atoms with Crippen LogP contribution in [0.25, 0.3) is 16.6 Å². The van der Waals surface area contributed by atoms with Gasteiger partial charge < -0.3 is 4.98 Å². The van der Waals surface area contributed by atoms with Gasteiger partial charge in [-0.05, 0) is 18.6 Å². The Balaban J connectivity index is 2.74. The van der Waals surface area contributed by atoms with E-state index in [0.717, 1.165) is 16.5 Å². The highest BCUT2D eigenvalue weighted by atomic mass is 16.1. The molecule has 0 aliphatic heterocycles. The van der Waals surface area contributed by atoms with E-state index < -0.39 is 0 Å². The Bertz CT molecular complexity index is 710. The largest absolute Gasteiger partial charge is 0.348 e. The molecule has 2 heterocycles. The molecule has 0 aliphatic carbocycles. The fourth-order valence-electron chi connectivity index (χ4n) is 1.80. The molecule has 0 spiro atoms. The number of nitrogens with zero attached hydrogens (tertiary/aromatic N) is 3. The third-order valence-electron chi connectivity index (χ3n) is 2.48. The van der Waals surface area contributed by atoms with Crippen molar-refractivity contribution in [1.82, 2.24) is 19.6 Å². The highest BCUT2D eigenvalue weighted by Gasteiger charge is 2.07. The summed E-state index contributed by atoms with van der Waals surface area (Å²) >= 11 is 0. The number of H-pyrrole nitrogens is 1. The average molecular weight is 200 g/mol. The number of nitrogens with one attached hydrogen (secondary N) is 1. The van der Waals surface area contributed by atoms with Crippen LogP contribution in [-0.4, -0.2) is 19.6 Å². The van der Waals surface area contributed by atoms with Gasteiger partial charge in [-0.2, -0.15) is 9.61 Å². The van der Waals surface area contributed by atoms with Crippen LogP contribution in [0.4, 0.5) is 0 Å². The summed E-state index contributed by atoms with van der Waals surface area (Å²) in [6.07, 6.45) is 1.39. The Morgan fingerprint density at radius 1 is 1.40 bits per heavy atom. The van der Waals surface area contributed by atoms with Crippen molar-refractivity contribution < 1.29 is 0 Å². The summed E-state index contributed by atoms with van der Waals surface area (Å²) in [5.41, 5.74) is 2.20. The molecule has 74 valence electrons. The average Bonchev–Trinajstić information content (AvgIpc) is 2.66. The first kappa shape index (κ1) is 8.16. The third kappa shape index (κ3) is 0.999. The highest BCUT2D eigenvalue weighted by molar-refractivity contribution is 5.93. The molecule has 0 amide bonds. The maximum absolute atomic E-state index is 11.6. The van der Waals surface area contributed by atoms with Crippen LogP contribution in [0.3, 0.4) is 0 Å². The van der Waals surface area contributed by atoms with Gasteiger partial charge in [-0.3, -0.25) is 0 Å². The van der Waals surface area contributed by atoms with Gasteiger partial charge in [-0.15, -0.1) is 0 Å². The van der Waals surface area contributed by atoms with Crippen molar-refractivity contribution in [2.75, 3.05) is 0 Å².